The number of piperidine rings is 1. The summed E-state index contributed by atoms with van der Waals surface area (Å²) in [6.45, 7) is 5.09. The minimum atomic E-state index is -0.985. The van der Waals surface area contributed by atoms with Crippen LogP contribution in [-0.4, -0.2) is 64.3 Å². The quantitative estimate of drug-likeness (QED) is 0.782. The average molecular weight is 272 g/mol. The van der Waals surface area contributed by atoms with Gasteiger partial charge in [0.15, 0.2) is 0 Å². The molecule has 2 amide bonds. The topological polar surface area (TPSA) is 81.1 Å². The molecule has 0 radical (unpaired) electrons. The molecule has 0 aromatic rings. The standard InChI is InChI=1S/C13H24N2O4/c1-3-6-15(9-12(17)18)13(19)14-7-4-11(5-8-14)10(2)16/h10-11,16H,3-9H2,1-2H3,(H,17,18). The van der Waals surface area contributed by atoms with Gasteiger partial charge in [0.25, 0.3) is 0 Å². The van der Waals surface area contributed by atoms with E-state index in [2.05, 4.69) is 0 Å². The lowest BCUT2D eigenvalue weighted by Gasteiger charge is -2.36. The molecular weight excluding hydrogens is 248 g/mol. The molecule has 1 aliphatic rings. The van der Waals surface area contributed by atoms with Gasteiger partial charge in [-0.3, -0.25) is 4.79 Å². The Hall–Kier alpha value is -1.30. The van der Waals surface area contributed by atoms with Crippen molar-refractivity contribution < 1.29 is 19.8 Å². The molecule has 2 N–H and O–H groups in total. The number of amides is 2. The van der Waals surface area contributed by atoms with Gasteiger partial charge in [-0.05, 0) is 32.1 Å². The molecule has 1 saturated heterocycles. The van der Waals surface area contributed by atoms with Gasteiger partial charge in [-0.25, -0.2) is 4.79 Å². The van der Waals surface area contributed by atoms with Crippen LogP contribution in [0.1, 0.15) is 33.1 Å². The maximum absolute atomic E-state index is 12.2. The van der Waals surface area contributed by atoms with E-state index in [0.29, 0.717) is 19.6 Å². The molecule has 6 nitrogen and oxygen atoms in total. The van der Waals surface area contributed by atoms with Crippen LogP contribution >= 0.6 is 0 Å². The third-order valence-corrected chi connectivity index (χ3v) is 3.58. The number of hydrogen-bond donors (Lipinski definition) is 2. The van der Waals surface area contributed by atoms with Gasteiger partial charge >= 0.3 is 12.0 Å². The lowest BCUT2D eigenvalue weighted by molar-refractivity contribution is -0.137. The molecule has 1 unspecified atom stereocenters. The molecule has 0 bridgehead atoms. The summed E-state index contributed by atoms with van der Waals surface area (Å²) >= 11 is 0. The van der Waals surface area contributed by atoms with Crippen molar-refractivity contribution in [1.82, 2.24) is 9.80 Å². The highest BCUT2D eigenvalue weighted by atomic mass is 16.4. The lowest BCUT2D eigenvalue weighted by atomic mass is 9.92. The number of rotatable bonds is 5. The highest BCUT2D eigenvalue weighted by Gasteiger charge is 2.28. The van der Waals surface area contributed by atoms with Crippen molar-refractivity contribution in [3.8, 4) is 0 Å². The summed E-state index contributed by atoms with van der Waals surface area (Å²) < 4.78 is 0. The van der Waals surface area contributed by atoms with Gasteiger partial charge in [0.1, 0.15) is 6.54 Å². The number of aliphatic carboxylic acids is 1. The molecule has 0 aliphatic carbocycles. The van der Waals surface area contributed by atoms with E-state index < -0.39 is 5.97 Å². The first-order valence-corrected chi connectivity index (χ1v) is 6.89. The number of urea groups is 1. The SMILES string of the molecule is CCCN(CC(=O)O)C(=O)N1CCC(C(C)O)CC1. The largest absolute Gasteiger partial charge is 0.480 e. The van der Waals surface area contributed by atoms with Crippen molar-refractivity contribution in [1.29, 1.82) is 0 Å². The third-order valence-electron chi connectivity index (χ3n) is 3.58. The van der Waals surface area contributed by atoms with E-state index in [1.807, 2.05) is 6.92 Å². The third kappa shape index (κ3) is 4.70. The van der Waals surface area contributed by atoms with Gasteiger partial charge < -0.3 is 20.0 Å². The van der Waals surface area contributed by atoms with Crippen molar-refractivity contribution in [2.24, 2.45) is 5.92 Å². The predicted molar refractivity (Wildman–Crippen MR) is 70.9 cm³/mol. The van der Waals surface area contributed by atoms with E-state index in [1.54, 1.807) is 11.8 Å². The summed E-state index contributed by atoms with van der Waals surface area (Å²) in [7, 11) is 0. The maximum Gasteiger partial charge on any atom is 0.323 e. The molecule has 1 atom stereocenters. The van der Waals surface area contributed by atoms with E-state index >= 15 is 0 Å². The van der Waals surface area contributed by atoms with Crippen LogP contribution in [0.5, 0.6) is 0 Å². The van der Waals surface area contributed by atoms with Gasteiger partial charge in [0, 0.05) is 19.6 Å². The second kappa shape index (κ2) is 7.33. The van der Waals surface area contributed by atoms with Crippen LogP contribution in [0.4, 0.5) is 4.79 Å². The monoisotopic (exact) mass is 272 g/mol. The first-order chi connectivity index (χ1) is 8.95. The number of aliphatic hydroxyl groups is 1. The summed E-state index contributed by atoms with van der Waals surface area (Å²) in [5.74, 6) is -0.746. The van der Waals surface area contributed by atoms with Crippen LogP contribution < -0.4 is 0 Å². The lowest BCUT2D eigenvalue weighted by Crippen LogP contribution is -2.49. The summed E-state index contributed by atoms with van der Waals surface area (Å²) in [5.41, 5.74) is 0. The first-order valence-electron chi connectivity index (χ1n) is 6.89. The van der Waals surface area contributed by atoms with Gasteiger partial charge in [0.2, 0.25) is 0 Å². The molecule has 110 valence electrons. The van der Waals surface area contributed by atoms with Crippen molar-refractivity contribution in [2.45, 2.75) is 39.2 Å². The molecule has 0 aromatic carbocycles. The molecule has 0 spiro atoms. The average Bonchev–Trinajstić information content (AvgIpc) is 2.37. The van der Waals surface area contributed by atoms with Crippen LogP contribution in [0.2, 0.25) is 0 Å². The molecule has 1 fully saturated rings. The fourth-order valence-electron chi connectivity index (χ4n) is 2.45. The zero-order chi connectivity index (χ0) is 14.4. The van der Waals surface area contributed by atoms with Crippen molar-refractivity contribution in [3.63, 3.8) is 0 Å². The predicted octanol–water partition coefficient (Wildman–Crippen LogP) is 0.996. The maximum atomic E-state index is 12.2. The van der Waals surface area contributed by atoms with Crippen LogP contribution in [0.15, 0.2) is 0 Å². The Morgan fingerprint density at radius 1 is 1.37 bits per heavy atom. The second-order valence-electron chi connectivity index (χ2n) is 5.16. The number of carboxylic acid groups (broad SMARTS) is 1. The van der Waals surface area contributed by atoms with E-state index in [4.69, 9.17) is 5.11 Å². The van der Waals surface area contributed by atoms with E-state index in [1.165, 1.54) is 4.90 Å². The number of hydrogen-bond acceptors (Lipinski definition) is 3. The van der Waals surface area contributed by atoms with E-state index in [-0.39, 0.29) is 24.6 Å². The zero-order valence-corrected chi connectivity index (χ0v) is 11.7. The van der Waals surface area contributed by atoms with Gasteiger partial charge in [-0.2, -0.15) is 0 Å². The summed E-state index contributed by atoms with van der Waals surface area (Å²) in [5, 5.41) is 18.3. The van der Waals surface area contributed by atoms with Crippen LogP contribution in [0.25, 0.3) is 0 Å². The summed E-state index contributed by atoms with van der Waals surface area (Å²) in [6.07, 6.45) is 1.94. The van der Waals surface area contributed by atoms with Gasteiger partial charge in [0.05, 0.1) is 6.10 Å². The Morgan fingerprint density at radius 3 is 2.37 bits per heavy atom. The van der Waals surface area contributed by atoms with Gasteiger partial charge in [-0.1, -0.05) is 6.92 Å². The van der Waals surface area contributed by atoms with Crippen LogP contribution in [0, 0.1) is 5.92 Å². The zero-order valence-electron chi connectivity index (χ0n) is 11.7. The molecule has 1 aliphatic heterocycles. The smallest absolute Gasteiger partial charge is 0.323 e. The minimum absolute atomic E-state index is 0.201. The van der Waals surface area contributed by atoms with Crippen molar-refractivity contribution >= 4 is 12.0 Å². The van der Waals surface area contributed by atoms with Gasteiger partial charge in [-0.15, -0.1) is 0 Å². The van der Waals surface area contributed by atoms with Crippen LogP contribution in [0.3, 0.4) is 0 Å². The Labute approximate surface area is 114 Å². The number of nitrogens with zero attached hydrogens (tertiary/aromatic N) is 2. The summed E-state index contributed by atoms with van der Waals surface area (Å²) in [4.78, 5) is 26.1. The molecule has 0 saturated carbocycles. The van der Waals surface area contributed by atoms with Crippen LogP contribution in [-0.2, 0) is 4.79 Å². The second-order valence-corrected chi connectivity index (χ2v) is 5.16. The van der Waals surface area contributed by atoms with E-state index in [9.17, 15) is 14.7 Å². The molecule has 19 heavy (non-hydrogen) atoms. The normalized spacial score (nSPS) is 18.2. The Bertz CT molecular complexity index is 312. The number of carbonyl (C=O) groups is 2. The molecule has 0 aromatic heterocycles. The number of carboxylic acids is 1. The number of likely N-dealkylation sites (tertiary alicyclic amines) is 1. The fourth-order valence-corrected chi connectivity index (χ4v) is 2.45. The number of carbonyl (C=O) groups excluding carboxylic acids is 1. The molecule has 6 heteroatoms. The van der Waals surface area contributed by atoms with E-state index in [0.717, 1.165) is 19.3 Å². The van der Waals surface area contributed by atoms with Crippen molar-refractivity contribution in [2.75, 3.05) is 26.2 Å². The number of aliphatic hydroxyl groups excluding tert-OH is 1. The Morgan fingerprint density at radius 2 is 1.95 bits per heavy atom. The summed E-state index contributed by atoms with van der Waals surface area (Å²) in [6, 6.07) is -0.201. The highest BCUT2D eigenvalue weighted by molar-refractivity contribution is 5.80. The van der Waals surface area contributed by atoms with Crippen molar-refractivity contribution in [3.05, 3.63) is 0 Å². The molecule has 1 rings (SSSR count). The first kappa shape index (κ1) is 15.8. The Kier molecular flexibility index (Phi) is 6.08. The minimum Gasteiger partial charge on any atom is -0.480 e. The molecular formula is C13H24N2O4. The highest BCUT2D eigenvalue weighted by Crippen LogP contribution is 2.21. The Balaban J connectivity index is 2.54. The molecule has 1 heterocycles. The fraction of sp³-hybridized carbons (Fsp3) is 0.846.